The number of hydrogen-bond acceptors (Lipinski definition) is 3. The lowest BCUT2D eigenvalue weighted by atomic mass is 9.95. The van der Waals surface area contributed by atoms with E-state index in [1.807, 2.05) is 66.9 Å². The standard InChI is InChI=1S/C22H24N2O2S/c1-15-6-5-7-19(12-15)26-18-10-8-16(9-11-18)23-21(25)24-17-13-20(27-14-17)22(2,3)4/h5-14H,1-4H3,(H2,23,24,25). The van der Waals surface area contributed by atoms with Crippen LogP contribution in [-0.2, 0) is 5.41 Å². The Kier molecular flexibility index (Phi) is 5.51. The van der Waals surface area contributed by atoms with Crippen LogP contribution in [0.5, 0.6) is 11.5 Å². The van der Waals surface area contributed by atoms with Crippen LogP contribution in [0.25, 0.3) is 0 Å². The summed E-state index contributed by atoms with van der Waals surface area (Å²) in [4.78, 5) is 13.4. The van der Waals surface area contributed by atoms with Crippen molar-refractivity contribution in [2.75, 3.05) is 10.6 Å². The van der Waals surface area contributed by atoms with Crippen LogP contribution in [0.1, 0.15) is 31.2 Å². The van der Waals surface area contributed by atoms with E-state index in [-0.39, 0.29) is 11.4 Å². The fraction of sp³-hybridized carbons (Fsp3) is 0.227. The highest BCUT2D eigenvalue weighted by Gasteiger charge is 2.16. The molecule has 0 aliphatic carbocycles. The number of carbonyl (C=O) groups is 1. The maximum Gasteiger partial charge on any atom is 0.323 e. The molecule has 2 N–H and O–H groups in total. The van der Waals surface area contributed by atoms with Gasteiger partial charge in [0.25, 0.3) is 0 Å². The topological polar surface area (TPSA) is 50.4 Å². The third-order valence-electron chi connectivity index (χ3n) is 3.93. The van der Waals surface area contributed by atoms with E-state index >= 15 is 0 Å². The van der Waals surface area contributed by atoms with Gasteiger partial charge in [0.2, 0.25) is 0 Å². The molecular weight excluding hydrogens is 356 g/mol. The number of hydrogen-bond donors (Lipinski definition) is 2. The summed E-state index contributed by atoms with van der Waals surface area (Å²) in [7, 11) is 0. The Balaban J connectivity index is 1.57. The smallest absolute Gasteiger partial charge is 0.323 e. The normalized spacial score (nSPS) is 11.1. The predicted molar refractivity (Wildman–Crippen MR) is 113 cm³/mol. The van der Waals surface area contributed by atoms with Gasteiger partial charge in [0, 0.05) is 15.9 Å². The Morgan fingerprint density at radius 2 is 1.63 bits per heavy atom. The van der Waals surface area contributed by atoms with Crippen molar-refractivity contribution in [2.45, 2.75) is 33.1 Å². The monoisotopic (exact) mass is 380 g/mol. The lowest BCUT2D eigenvalue weighted by Crippen LogP contribution is -2.19. The Morgan fingerprint density at radius 3 is 2.26 bits per heavy atom. The number of benzene rings is 2. The summed E-state index contributed by atoms with van der Waals surface area (Å²) in [5.41, 5.74) is 2.73. The molecule has 2 amide bonds. The van der Waals surface area contributed by atoms with Crippen molar-refractivity contribution in [1.29, 1.82) is 0 Å². The highest BCUT2D eigenvalue weighted by molar-refractivity contribution is 7.10. The molecule has 0 spiro atoms. The zero-order valence-electron chi connectivity index (χ0n) is 16.0. The maximum atomic E-state index is 12.2. The Hall–Kier alpha value is -2.79. The second-order valence-corrected chi connectivity index (χ2v) is 8.38. The Labute approximate surface area is 164 Å². The fourth-order valence-electron chi connectivity index (χ4n) is 2.51. The summed E-state index contributed by atoms with van der Waals surface area (Å²) in [6, 6.07) is 16.9. The Morgan fingerprint density at radius 1 is 0.926 bits per heavy atom. The molecule has 1 heterocycles. The van der Waals surface area contributed by atoms with Crippen LogP contribution in [0, 0.1) is 6.92 Å². The average molecular weight is 381 g/mol. The van der Waals surface area contributed by atoms with Crippen molar-refractivity contribution in [1.82, 2.24) is 0 Å². The summed E-state index contributed by atoms with van der Waals surface area (Å²) in [5, 5.41) is 7.67. The molecule has 0 aliphatic rings. The first-order valence-corrected chi connectivity index (χ1v) is 9.69. The summed E-state index contributed by atoms with van der Waals surface area (Å²) in [6.07, 6.45) is 0. The SMILES string of the molecule is Cc1cccc(Oc2ccc(NC(=O)Nc3csc(C(C)(C)C)c3)cc2)c1. The molecule has 0 radical (unpaired) electrons. The van der Waals surface area contributed by atoms with Crippen LogP contribution in [-0.4, -0.2) is 6.03 Å². The Bertz CT molecular complexity index is 924. The van der Waals surface area contributed by atoms with Gasteiger partial charge >= 0.3 is 6.03 Å². The lowest BCUT2D eigenvalue weighted by molar-refractivity contribution is 0.262. The van der Waals surface area contributed by atoms with Crippen LogP contribution >= 0.6 is 11.3 Å². The van der Waals surface area contributed by atoms with Gasteiger partial charge in [0.15, 0.2) is 0 Å². The summed E-state index contributed by atoms with van der Waals surface area (Å²) in [5.74, 6) is 1.51. The molecule has 27 heavy (non-hydrogen) atoms. The minimum atomic E-state index is -0.263. The third kappa shape index (κ3) is 5.34. The van der Waals surface area contributed by atoms with Gasteiger partial charge in [-0.3, -0.25) is 0 Å². The highest BCUT2D eigenvalue weighted by Crippen LogP contribution is 2.31. The molecular formula is C22H24N2O2S. The molecule has 3 aromatic rings. The highest BCUT2D eigenvalue weighted by atomic mass is 32.1. The van der Waals surface area contributed by atoms with Gasteiger partial charge in [-0.05, 0) is 60.4 Å². The van der Waals surface area contributed by atoms with E-state index in [9.17, 15) is 4.79 Å². The zero-order valence-corrected chi connectivity index (χ0v) is 16.8. The van der Waals surface area contributed by atoms with Crippen LogP contribution < -0.4 is 15.4 Å². The number of anilines is 2. The van der Waals surface area contributed by atoms with Crippen molar-refractivity contribution >= 4 is 28.7 Å². The van der Waals surface area contributed by atoms with Crippen molar-refractivity contribution in [3.63, 3.8) is 0 Å². The number of amides is 2. The quantitative estimate of drug-likeness (QED) is 0.523. The van der Waals surface area contributed by atoms with E-state index in [0.29, 0.717) is 5.69 Å². The minimum absolute atomic E-state index is 0.0776. The molecule has 3 rings (SSSR count). The molecule has 4 nitrogen and oxygen atoms in total. The number of urea groups is 1. The van der Waals surface area contributed by atoms with E-state index in [4.69, 9.17) is 4.74 Å². The van der Waals surface area contributed by atoms with Gasteiger partial charge in [-0.2, -0.15) is 0 Å². The lowest BCUT2D eigenvalue weighted by Gasteiger charge is -2.15. The van der Waals surface area contributed by atoms with Crippen molar-refractivity contribution < 1.29 is 9.53 Å². The average Bonchev–Trinajstić information content (AvgIpc) is 3.05. The number of thiophene rings is 1. The maximum absolute atomic E-state index is 12.2. The van der Waals surface area contributed by atoms with Crippen molar-refractivity contribution in [3.8, 4) is 11.5 Å². The summed E-state index contributed by atoms with van der Waals surface area (Å²) >= 11 is 1.65. The van der Waals surface area contributed by atoms with Crippen LogP contribution in [0.15, 0.2) is 60.0 Å². The van der Waals surface area contributed by atoms with E-state index in [1.54, 1.807) is 11.3 Å². The molecule has 0 saturated heterocycles. The fourth-order valence-corrected chi connectivity index (χ4v) is 3.44. The number of rotatable bonds is 4. The van der Waals surface area contributed by atoms with Gasteiger partial charge in [-0.25, -0.2) is 4.79 Å². The van der Waals surface area contributed by atoms with E-state index in [1.165, 1.54) is 4.88 Å². The van der Waals surface area contributed by atoms with E-state index in [0.717, 1.165) is 22.7 Å². The molecule has 0 atom stereocenters. The third-order valence-corrected chi connectivity index (χ3v) is 5.29. The molecule has 0 unspecified atom stereocenters. The first kappa shape index (κ1) is 19.0. The molecule has 1 aromatic heterocycles. The molecule has 0 saturated carbocycles. The predicted octanol–water partition coefficient (Wildman–Crippen LogP) is 6.79. The second kappa shape index (κ2) is 7.84. The first-order chi connectivity index (χ1) is 12.8. The summed E-state index contributed by atoms with van der Waals surface area (Å²) in [6.45, 7) is 8.49. The van der Waals surface area contributed by atoms with Gasteiger partial charge in [-0.15, -0.1) is 11.3 Å². The van der Waals surface area contributed by atoms with Crippen LogP contribution in [0.3, 0.4) is 0 Å². The van der Waals surface area contributed by atoms with Crippen molar-refractivity contribution in [3.05, 3.63) is 70.4 Å². The van der Waals surface area contributed by atoms with E-state index < -0.39 is 0 Å². The van der Waals surface area contributed by atoms with Gasteiger partial charge in [0.05, 0.1) is 5.69 Å². The number of aryl methyl sites for hydroxylation is 1. The molecule has 0 aliphatic heterocycles. The zero-order chi connectivity index (χ0) is 19.4. The van der Waals surface area contributed by atoms with Crippen LogP contribution in [0.4, 0.5) is 16.2 Å². The molecule has 140 valence electrons. The number of carbonyl (C=O) groups excluding carboxylic acids is 1. The molecule has 5 heteroatoms. The van der Waals surface area contributed by atoms with Crippen molar-refractivity contribution in [2.24, 2.45) is 0 Å². The minimum Gasteiger partial charge on any atom is -0.457 e. The van der Waals surface area contributed by atoms with E-state index in [2.05, 4.69) is 31.4 Å². The molecule has 0 fully saturated rings. The molecule has 0 bridgehead atoms. The summed E-state index contributed by atoms with van der Waals surface area (Å²) < 4.78 is 5.82. The first-order valence-electron chi connectivity index (χ1n) is 8.81. The molecule has 2 aromatic carbocycles. The number of nitrogens with one attached hydrogen (secondary N) is 2. The van der Waals surface area contributed by atoms with Gasteiger partial charge in [-0.1, -0.05) is 32.9 Å². The van der Waals surface area contributed by atoms with Gasteiger partial charge < -0.3 is 15.4 Å². The van der Waals surface area contributed by atoms with Crippen LogP contribution in [0.2, 0.25) is 0 Å². The van der Waals surface area contributed by atoms with Gasteiger partial charge in [0.1, 0.15) is 11.5 Å². The largest absolute Gasteiger partial charge is 0.457 e. The number of ether oxygens (including phenoxy) is 1. The second-order valence-electron chi connectivity index (χ2n) is 7.47.